The highest BCUT2D eigenvalue weighted by Gasteiger charge is 2.25. The van der Waals surface area contributed by atoms with Gasteiger partial charge in [-0.05, 0) is 49.6 Å². The molecule has 10 heteroatoms. The van der Waals surface area contributed by atoms with E-state index in [2.05, 4.69) is 10.6 Å². The second kappa shape index (κ2) is 10.2. The van der Waals surface area contributed by atoms with Gasteiger partial charge in [-0.3, -0.25) is 9.59 Å². The first kappa shape index (κ1) is 24.5. The van der Waals surface area contributed by atoms with Crippen molar-refractivity contribution in [1.82, 2.24) is 0 Å². The molecule has 176 valence electrons. The standard InChI is InChI=1S/C24H22N2O7S/c1-12-19(25-3)6-7-20(21(12)33-11-14-5-4-8-34-14)26-22(28)16-9-15(13(2)27)17(23(29)30)10-18(16)24(31)32/h4-10,25H,11H2,1-3H3,(H,26,28)(H,29,30)(H,31,32). The maximum atomic E-state index is 13.1. The predicted octanol–water partition coefficient (Wildman–Crippen LogP) is 4.53. The number of amides is 1. The number of nitrogens with one attached hydrogen (secondary N) is 2. The van der Waals surface area contributed by atoms with Crippen molar-refractivity contribution in [2.75, 3.05) is 17.7 Å². The number of carbonyl (C=O) groups is 4. The van der Waals surface area contributed by atoms with Gasteiger partial charge in [0.25, 0.3) is 5.91 Å². The number of hydrogen-bond donors (Lipinski definition) is 4. The molecule has 0 bridgehead atoms. The largest absolute Gasteiger partial charge is 0.486 e. The van der Waals surface area contributed by atoms with Gasteiger partial charge < -0.3 is 25.6 Å². The Hall–Kier alpha value is -4.18. The number of ketones is 1. The van der Waals surface area contributed by atoms with Crippen molar-refractivity contribution in [3.8, 4) is 5.75 Å². The number of rotatable bonds is 9. The van der Waals surface area contributed by atoms with E-state index in [9.17, 15) is 29.4 Å². The highest BCUT2D eigenvalue weighted by atomic mass is 32.1. The third-order valence-electron chi connectivity index (χ3n) is 5.10. The minimum absolute atomic E-state index is 0.261. The van der Waals surface area contributed by atoms with Crippen molar-refractivity contribution in [2.24, 2.45) is 0 Å². The zero-order valence-electron chi connectivity index (χ0n) is 18.6. The van der Waals surface area contributed by atoms with Crippen LogP contribution in [-0.2, 0) is 6.61 Å². The first-order valence-corrected chi connectivity index (χ1v) is 11.0. The van der Waals surface area contributed by atoms with E-state index in [0.717, 1.165) is 35.2 Å². The van der Waals surface area contributed by atoms with E-state index in [1.807, 2.05) is 24.4 Å². The summed E-state index contributed by atoms with van der Waals surface area (Å²) < 4.78 is 5.99. The molecule has 0 aliphatic heterocycles. The van der Waals surface area contributed by atoms with E-state index in [1.54, 1.807) is 19.2 Å². The van der Waals surface area contributed by atoms with Gasteiger partial charge in [0.1, 0.15) is 12.4 Å². The van der Waals surface area contributed by atoms with Crippen LogP contribution in [-0.4, -0.2) is 40.9 Å². The third kappa shape index (κ3) is 5.07. The Labute approximate surface area is 199 Å². The molecule has 0 aliphatic rings. The lowest BCUT2D eigenvalue weighted by Crippen LogP contribution is -2.20. The van der Waals surface area contributed by atoms with Crippen LogP contribution in [0.25, 0.3) is 0 Å². The fraction of sp³-hybridized carbons (Fsp3) is 0.167. The zero-order chi connectivity index (χ0) is 25.0. The summed E-state index contributed by atoms with van der Waals surface area (Å²) in [6.07, 6.45) is 0. The van der Waals surface area contributed by atoms with Gasteiger partial charge in [-0.2, -0.15) is 0 Å². The normalized spacial score (nSPS) is 10.4. The number of carboxylic acids is 2. The molecule has 4 N–H and O–H groups in total. The number of benzene rings is 2. The molecule has 2 aromatic carbocycles. The minimum Gasteiger partial charge on any atom is -0.486 e. The van der Waals surface area contributed by atoms with Crippen molar-refractivity contribution in [3.05, 3.63) is 74.5 Å². The number of thiophene rings is 1. The number of ether oxygens (including phenoxy) is 1. The van der Waals surface area contributed by atoms with Crippen molar-refractivity contribution < 1.29 is 34.1 Å². The van der Waals surface area contributed by atoms with Gasteiger partial charge in [0.15, 0.2) is 5.78 Å². The molecular weight excluding hydrogens is 460 g/mol. The summed E-state index contributed by atoms with van der Waals surface area (Å²) in [6, 6.07) is 8.95. The van der Waals surface area contributed by atoms with Gasteiger partial charge in [0.2, 0.25) is 0 Å². The summed E-state index contributed by atoms with van der Waals surface area (Å²) in [6.45, 7) is 3.21. The van der Waals surface area contributed by atoms with Gasteiger partial charge in [-0.15, -0.1) is 11.3 Å². The predicted molar refractivity (Wildman–Crippen MR) is 128 cm³/mol. The van der Waals surface area contributed by atoms with Gasteiger partial charge >= 0.3 is 11.9 Å². The van der Waals surface area contributed by atoms with Crippen molar-refractivity contribution in [1.29, 1.82) is 0 Å². The molecule has 0 aliphatic carbocycles. The molecule has 0 saturated heterocycles. The van der Waals surface area contributed by atoms with Crippen molar-refractivity contribution in [2.45, 2.75) is 20.5 Å². The van der Waals surface area contributed by atoms with E-state index in [-0.39, 0.29) is 17.7 Å². The number of aromatic carboxylic acids is 2. The van der Waals surface area contributed by atoms with Crippen LogP contribution in [0, 0.1) is 6.92 Å². The molecule has 0 atom stereocenters. The summed E-state index contributed by atoms with van der Waals surface area (Å²) in [5, 5.41) is 26.6. The van der Waals surface area contributed by atoms with Crippen LogP contribution in [0.5, 0.6) is 5.75 Å². The number of carbonyl (C=O) groups excluding carboxylic acids is 2. The minimum atomic E-state index is -1.50. The van der Waals surface area contributed by atoms with Crippen LogP contribution < -0.4 is 15.4 Å². The second-order valence-electron chi connectivity index (χ2n) is 7.30. The van der Waals surface area contributed by atoms with E-state index in [0.29, 0.717) is 11.4 Å². The Bertz CT molecular complexity index is 1280. The number of hydrogen-bond acceptors (Lipinski definition) is 7. The lowest BCUT2D eigenvalue weighted by atomic mass is 9.95. The topological polar surface area (TPSA) is 142 Å². The number of Topliss-reactive ketones (excluding diaryl/α,β-unsaturated/α-hetero) is 1. The molecule has 0 radical (unpaired) electrons. The Kier molecular flexibility index (Phi) is 7.32. The Morgan fingerprint density at radius 3 is 2.12 bits per heavy atom. The van der Waals surface area contributed by atoms with Crippen LogP contribution >= 0.6 is 11.3 Å². The fourth-order valence-electron chi connectivity index (χ4n) is 3.41. The van der Waals surface area contributed by atoms with Gasteiger partial charge in [0, 0.05) is 28.7 Å². The maximum Gasteiger partial charge on any atom is 0.336 e. The quantitative estimate of drug-likeness (QED) is 0.326. The molecule has 0 spiro atoms. The smallest absolute Gasteiger partial charge is 0.336 e. The molecule has 0 fully saturated rings. The molecule has 0 saturated carbocycles. The van der Waals surface area contributed by atoms with Crippen LogP contribution in [0.3, 0.4) is 0 Å². The summed E-state index contributed by atoms with van der Waals surface area (Å²) >= 11 is 1.51. The van der Waals surface area contributed by atoms with Crippen molar-refractivity contribution in [3.63, 3.8) is 0 Å². The average molecular weight is 483 g/mol. The van der Waals surface area contributed by atoms with Crippen molar-refractivity contribution >= 4 is 46.3 Å². The van der Waals surface area contributed by atoms with E-state index in [1.165, 1.54) is 11.3 Å². The van der Waals surface area contributed by atoms with Gasteiger partial charge in [-0.1, -0.05) is 6.07 Å². The highest BCUT2D eigenvalue weighted by molar-refractivity contribution is 7.09. The van der Waals surface area contributed by atoms with E-state index < -0.39 is 34.8 Å². The lowest BCUT2D eigenvalue weighted by molar-refractivity contribution is 0.0690. The molecular formula is C24H22N2O7S. The van der Waals surface area contributed by atoms with Crippen LogP contribution in [0.15, 0.2) is 41.8 Å². The molecule has 1 aromatic heterocycles. The Balaban J connectivity index is 2.04. The molecule has 34 heavy (non-hydrogen) atoms. The summed E-state index contributed by atoms with van der Waals surface area (Å²) in [5.41, 5.74) is 0.151. The fourth-order valence-corrected chi connectivity index (χ4v) is 4.02. The molecule has 1 heterocycles. The second-order valence-corrected chi connectivity index (χ2v) is 8.33. The first-order chi connectivity index (χ1) is 16.1. The summed E-state index contributed by atoms with van der Waals surface area (Å²) in [4.78, 5) is 49.4. The Morgan fingerprint density at radius 2 is 1.56 bits per heavy atom. The van der Waals surface area contributed by atoms with Crippen LogP contribution in [0.1, 0.15) is 58.8 Å². The molecule has 0 unspecified atom stereocenters. The number of carboxylic acid groups (broad SMARTS) is 2. The van der Waals surface area contributed by atoms with E-state index in [4.69, 9.17) is 4.74 Å². The van der Waals surface area contributed by atoms with Gasteiger partial charge in [0.05, 0.1) is 22.4 Å². The van der Waals surface area contributed by atoms with Crippen LogP contribution in [0.2, 0.25) is 0 Å². The molecule has 3 aromatic rings. The molecule has 9 nitrogen and oxygen atoms in total. The highest BCUT2D eigenvalue weighted by Crippen LogP contribution is 2.35. The molecule has 3 rings (SSSR count). The SMILES string of the molecule is CNc1ccc(NC(=O)c2cc(C(C)=O)c(C(=O)O)cc2C(=O)O)c(OCc2cccs2)c1C. The summed E-state index contributed by atoms with van der Waals surface area (Å²) in [5.74, 6) is -4.02. The molecule has 1 amide bonds. The average Bonchev–Trinajstić information content (AvgIpc) is 3.31. The lowest BCUT2D eigenvalue weighted by Gasteiger charge is -2.18. The van der Waals surface area contributed by atoms with Gasteiger partial charge in [-0.25, -0.2) is 9.59 Å². The van der Waals surface area contributed by atoms with E-state index >= 15 is 0 Å². The number of anilines is 2. The first-order valence-electron chi connectivity index (χ1n) is 10.1. The summed E-state index contributed by atoms with van der Waals surface area (Å²) in [7, 11) is 1.75. The monoisotopic (exact) mass is 482 g/mol. The van der Waals surface area contributed by atoms with Crippen LogP contribution in [0.4, 0.5) is 11.4 Å². The third-order valence-corrected chi connectivity index (χ3v) is 5.95. The zero-order valence-corrected chi connectivity index (χ0v) is 19.4. The Morgan fingerprint density at radius 1 is 0.941 bits per heavy atom. The maximum absolute atomic E-state index is 13.1.